The molecule has 0 aromatic carbocycles. The van der Waals surface area contributed by atoms with Crippen LogP contribution in [0.2, 0.25) is 0 Å². The SMILES string of the molecule is CN(CC1CCOCC1)c1cc(NN)nc(C2CC2)n1. The molecule has 3 rings (SSSR count). The van der Waals surface area contributed by atoms with Crippen LogP contribution in [0, 0.1) is 5.92 Å². The van der Waals surface area contributed by atoms with Gasteiger partial charge in [0.1, 0.15) is 17.5 Å². The summed E-state index contributed by atoms with van der Waals surface area (Å²) >= 11 is 0. The highest BCUT2D eigenvalue weighted by Gasteiger charge is 2.28. The van der Waals surface area contributed by atoms with Crippen molar-refractivity contribution in [3.8, 4) is 0 Å². The molecule has 0 radical (unpaired) electrons. The van der Waals surface area contributed by atoms with Crippen molar-refractivity contribution < 1.29 is 4.74 Å². The first-order valence-electron chi connectivity index (χ1n) is 7.40. The Hall–Kier alpha value is -1.40. The van der Waals surface area contributed by atoms with Crippen molar-refractivity contribution in [1.82, 2.24) is 9.97 Å². The number of nitrogens with one attached hydrogen (secondary N) is 1. The molecule has 2 heterocycles. The van der Waals surface area contributed by atoms with Gasteiger partial charge in [0.25, 0.3) is 0 Å². The van der Waals surface area contributed by atoms with Crippen molar-refractivity contribution in [1.29, 1.82) is 0 Å². The molecule has 20 heavy (non-hydrogen) atoms. The van der Waals surface area contributed by atoms with E-state index in [1.807, 2.05) is 6.07 Å². The minimum absolute atomic E-state index is 0.526. The maximum atomic E-state index is 5.52. The molecule has 1 saturated heterocycles. The minimum atomic E-state index is 0.526. The van der Waals surface area contributed by atoms with E-state index in [0.717, 1.165) is 44.2 Å². The van der Waals surface area contributed by atoms with Gasteiger partial charge in [-0.1, -0.05) is 0 Å². The molecule has 110 valence electrons. The van der Waals surface area contributed by atoms with Crippen LogP contribution in [0.4, 0.5) is 11.6 Å². The van der Waals surface area contributed by atoms with Gasteiger partial charge in [-0.25, -0.2) is 15.8 Å². The first-order valence-corrected chi connectivity index (χ1v) is 7.40. The van der Waals surface area contributed by atoms with Gasteiger partial charge in [0, 0.05) is 38.8 Å². The first kappa shape index (κ1) is 13.6. The summed E-state index contributed by atoms with van der Waals surface area (Å²) in [5.41, 5.74) is 2.65. The van der Waals surface area contributed by atoms with Gasteiger partial charge < -0.3 is 15.1 Å². The summed E-state index contributed by atoms with van der Waals surface area (Å²) in [5, 5.41) is 0. The Morgan fingerprint density at radius 2 is 2.05 bits per heavy atom. The van der Waals surface area contributed by atoms with Crippen LogP contribution in [0.25, 0.3) is 0 Å². The lowest BCUT2D eigenvalue weighted by Crippen LogP contribution is -2.30. The average molecular weight is 277 g/mol. The Balaban J connectivity index is 1.72. The van der Waals surface area contributed by atoms with Crippen LogP contribution in [0.3, 0.4) is 0 Å². The minimum Gasteiger partial charge on any atom is -0.381 e. The maximum Gasteiger partial charge on any atom is 0.145 e. The van der Waals surface area contributed by atoms with E-state index in [1.54, 1.807) is 0 Å². The number of nitrogens with two attached hydrogens (primary N) is 1. The molecule has 1 aromatic rings. The third-order valence-electron chi connectivity index (χ3n) is 4.08. The number of hydrogen-bond donors (Lipinski definition) is 2. The molecule has 1 aromatic heterocycles. The number of nitrogen functional groups attached to an aromatic ring is 1. The van der Waals surface area contributed by atoms with Gasteiger partial charge in [-0.2, -0.15) is 0 Å². The quantitative estimate of drug-likeness (QED) is 0.627. The molecule has 0 unspecified atom stereocenters. The Morgan fingerprint density at radius 1 is 1.30 bits per heavy atom. The van der Waals surface area contributed by atoms with Gasteiger partial charge in [0.2, 0.25) is 0 Å². The van der Waals surface area contributed by atoms with Crippen molar-refractivity contribution in [2.24, 2.45) is 11.8 Å². The normalized spacial score (nSPS) is 19.9. The van der Waals surface area contributed by atoms with Crippen molar-refractivity contribution in [2.75, 3.05) is 37.1 Å². The molecule has 6 heteroatoms. The van der Waals surface area contributed by atoms with Crippen molar-refractivity contribution in [3.05, 3.63) is 11.9 Å². The lowest BCUT2D eigenvalue weighted by atomic mass is 10.00. The Morgan fingerprint density at radius 3 is 2.70 bits per heavy atom. The standard InChI is InChI=1S/C14H23N5O/c1-19(9-10-4-6-20-7-5-10)13-8-12(18-15)16-14(17-13)11-2-3-11/h8,10-11H,2-7,9,15H2,1H3,(H,16,17,18). The van der Waals surface area contributed by atoms with Crippen LogP contribution in [0.5, 0.6) is 0 Å². The zero-order valence-corrected chi connectivity index (χ0v) is 12.0. The number of aromatic nitrogens is 2. The number of ether oxygens (including phenoxy) is 1. The second kappa shape index (κ2) is 5.93. The predicted octanol–water partition coefficient (Wildman–Crippen LogP) is 1.50. The molecule has 2 fully saturated rings. The molecular formula is C14H23N5O. The number of hydrazine groups is 1. The molecule has 0 amide bonds. The Bertz CT molecular complexity index is 457. The van der Waals surface area contributed by atoms with E-state index in [1.165, 1.54) is 12.8 Å². The van der Waals surface area contributed by atoms with Crippen molar-refractivity contribution in [2.45, 2.75) is 31.6 Å². The van der Waals surface area contributed by atoms with Crippen LogP contribution in [-0.2, 0) is 4.74 Å². The second-order valence-corrected chi connectivity index (χ2v) is 5.82. The molecule has 6 nitrogen and oxygen atoms in total. The largest absolute Gasteiger partial charge is 0.381 e. The molecule has 0 atom stereocenters. The third kappa shape index (κ3) is 3.19. The molecule has 1 saturated carbocycles. The van der Waals surface area contributed by atoms with Crippen LogP contribution in [0.1, 0.15) is 37.4 Å². The fraction of sp³-hybridized carbons (Fsp3) is 0.714. The molecule has 1 aliphatic heterocycles. The number of rotatable bonds is 5. The van der Waals surface area contributed by atoms with Gasteiger partial charge in [-0.15, -0.1) is 0 Å². The lowest BCUT2D eigenvalue weighted by molar-refractivity contribution is 0.0685. The van der Waals surface area contributed by atoms with Gasteiger partial charge in [-0.05, 0) is 31.6 Å². The monoisotopic (exact) mass is 277 g/mol. The summed E-state index contributed by atoms with van der Waals surface area (Å²) in [6.45, 7) is 2.77. The van der Waals surface area contributed by atoms with Crippen LogP contribution >= 0.6 is 0 Å². The topological polar surface area (TPSA) is 76.3 Å². The van der Waals surface area contributed by atoms with E-state index >= 15 is 0 Å². The van der Waals surface area contributed by atoms with E-state index < -0.39 is 0 Å². The van der Waals surface area contributed by atoms with Gasteiger partial charge >= 0.3 is 0 Å². The number of anilines is 2. The number of hydrogen-bond acceptors (Lipinski definition) is 6. The molecular weight excluding hydrogens is 254 g/mol. The van der Waals surface area contributed by atoms with E-state index in [2.05, 4.69) is 22.4 Å². The summed E-state index contributed by atoms with van der Waals surface area (Å²) in [6, 6.07) is 1.92. The second-order valence-electron chi connectivity index (χ2n) is 5.82. The molecule has 1 aliphatic carbocycles. The van der Waals surface area contributed by atoms with Crippen LogP contribution < -0.4 is 16.2 Å². The highest BCUT2D eigenvalue weighted by atomic mass is 16.5. The molecule has 2 aliphatic rings. The number of nitrogens with zero attached hydrogens (tertiary/aromatic N) is 3. The molecule has 3 N–H and O–H groups in total. The third-order valence-corrected chi connectivity index (χ3v) is 4.08. The average Bonchev–Trinajstić information content (AvgIpc) is 3.32. The summed E-state index contributed by atoms with van der Waals surface area (Å²) < 4.78 is 5.41. The zero-order chi connectivity index (χ0) is 13.9. The van der Waals surface area contributed by atoms with E-state index in [-0.39, 0.29) is 0 Å². The fourth-order valence-electron chi connectivity index (χ4n) is 2.66. The van der Waals surface area contributed by atoms with Crippen LogP contribution in [-0.4, -0.2) is 36.8 Å². The van der Waals surface area contributed by atoms with Gasteiger partial charge in [-0.3, -0.25) is 0 Å². The zero-order valence-electron chi connectivity index (χ0n) is 12.0. The fourth-order valence-corrected chi connectivity index (χ4v) is 2.66. The summed E-state index contributed by atoms with van der Waals surface area (Å²) in [7, 11) is 2.09. The van der Waals surface area contributed by atoms with Crippen LogP contribution in [0.15, 0.2) is 6.07 Å². The van der Waals surface area contributed by atoms with E-state index in [4.69, 9.17) is 15.6 Å². The van der Waals surface area contributed by atoms with Crippen molar-refractivity contribution in [3.63, 3.8) is 0 Å². The van der Waals surface area contributed by atoms with Gasteiger partial charge in [0.15, 0.2) is 0 Å². The summed E-state index contributed by atoms with van der Waals surface area (Å²) in [4.78, 5) is 11.4. The maximum absolute atomic E-state index is 5.52. The van der Waals surface area contributed by atoms with Gasteiger partial charge in [0.05, 0.1) is 0 Å². The highest BCUT2D eigenvalue weighted by molar-refractivity contribution is 5.49. The lowest BCUT2D eigenvalue weighted by Gasteiger charge is -2.28. The first-order chi connectivity index (χ1) is 9.76. The smallest absolute Gasteiger partial charge is 0.145 e. The summed E-state index contributed by atoms with van der Waals surface area (Å²) in [6.07, 6.45) is 4.65. The van der Waals surface area contributed by atoms with Crippen molar-refractivity contribution >= 4 is 11.6 Å². The molecule has 0 spiro atoms. The highest BCUT2D eigenvalue weighted by Crippen LogP contribution is 2.39. The predicted molar refractivity (Wildman–Crippen MR) is 78.6 cm³/mol. The summed E-state index contributed by atoms with van der Waals surface area (Å²) in [5.74, 6) is 9.32. The Kier molecular flexibility index (Phi) is 4.03. The Labute approximate surface area is 119 Å². The van der Waals surface area contributed by atoms with E-state index in [0.29, 0.717) is 17.7 Å². The molecule has 0 bridgehead atoms. The van der Waals surface area contributed by atoms with E-state index in [9.17, 15) is 0 Å².